The molecule has 0 aliphatic carbocycles. The molecule has 3 aromatic rings. The molecule has 5 heteroatoms. The molecule has 0 unspecified atom stereocenters. The lowest BCUT2D eigenvalue weighted by Crippen LogP contribution is -1.88. The number of ketones is 1. The number of thiophene rings is 1. The smallest absolute Gasteiger partial charge is 0.195 e. The van der Waals surface area contributed by atoms with Gasteiger partial charge in [-0.25, -0.2) is 0 Å². The van der Waals surface area contributed by atoms with E-state index in [9.17, 15) is 4.79 Å². The zero-order chi connectivity index (χ0) is 15.5. The summed E-state index contributed by atoms with van der Waals surface area (Å²) >= 11 is 13.7. The number of hydrogen-bond donors (Lipinski definition) is 0. The van der Waals surface area contributed by atoms with E-state index in [1.807, 2.05) is 11.4 Å². The van der Waals surface area contributed by atoms with Crippen LogP contribution in [0.1, 0.15) is 15.4 Å². The maximum atomic E-state index is 11.9. The third-order valence-electron chi connectivity index (χ3n) is 3.00. The molecule has 0 amide bonds. The van der Waals surface area contributed by atoms with Crippen LogP contribution in [0, 0.1) is 0 Å². The van der Waals surface area contributed by atoms with Crippen LogP contribution >= 0.6 is 34.5 Å². The normalized spacial score (nSPS) is 11.2. The molecule has 2 heterocycles. The summed E-state index contributed by atoms with van der Waals surface area (Å²) in [4.78, 5) is 12.6. The van der Waals surface area contributed by atoms with E-state index >= 15 is 0 Å². The summed E-state index contributed by atoms with van der Waals surface area (Å²) in [7, 11) is 0. The van der Waals surface area contributed by atoms with Crippen molar-refractivity contribution < 1.29 is 9.21 Å². The van der Waals surface area contributed by atoms with Gasteiger partial charge in [0.1, 0.15) is 11.5 Å². The van der Waals surface area contributed by atoms with Crippen molar-refractivity contribution in [3.05, 3.63) is 74.6 Å². The predicted octanol–water partition coefficient (Wildman–Crippen LogP) is 6.21. The van der Waals surface area contributed by atoms with E-state index in [0.717, 1.165) is 0 Å². The van der Waals surface area contributed by atoms with Gasteiger partial charge in [-0.3, -0.25) is 4.79 Å². The van der Waals surface area contributed by atoms with Crippen LogP contribution in [0.15, 0.2) is 58.3 Å². The number of carbonyl (C=O) groups excluding carboxylic acids is 1. The lowest BCUT2D eigenvalue weighted by atomic mass is 10.2. The predicted molar refractivity (Wildman–Crippen MR) is 91.8 cm³/mol. The van der Waals surface area contributed by atoms with Gasteiger partial charge in [-0.1, -0.05) is 35.3 Å². The molecule has 2 aromatic heterocycles. The highest BCUT2D eigenvalue weighted by Gasteiger charge is 2.12. The highest BCUT2D eigenvalue weighted by atomic mass is 35.5. The molecule has 22 heavy (non-hydrogen) atoms. The summed E-state index contributed by atoms with van der Waals surface area (Å²) in [6.07, 6.45) is 3.12. The molecule has 0 aliphatic heterocycles. The van der Waals surface area contributed by atoms with Gasteiger partial charge in [-0.05, 0) is 47.9 Å². The van der Waals surface area contributed by atoms with Crippen molar-refractivity contribution in [2.45, 2.75) is 0 Å². The van der Waals surface area contributed by atoms with Crippen LogP contribution in [0.4, 0.5) is 0 Å². The minimum atomic E-state index is -0.0521. The Morgan fingerprint density at radius 2 is 1.82 bits per heavy atom. The average Bonchev–Trinajstić information content (AvgIpc) is 3.16. The van der Waals surface area contributed by atoms with Crippen molar-refractivity contribution in [2.75, 3.05) is 0 Å². The van der Waals surface area contributed by atoms with Crippen molar-refractivity contribution in [3.63, 3.8) is 0 Å². The summed E-state index contributed by atoms with van der Waals surface area (Å²) in [5.74, 6) is 1.08. The number of benzene rings is 1. The Bertz CT molecular complexity index is 812. The molecule has 3 rings (SSSR count). The topological polar surface area (TPSA) is 30.2 Å². The molecule has 0 bridgehead atoms. The van der Waals surface area contributed by atoms with Crippen molar-refractivity contribution in [1.29, 1.82) is 0 Å². The first-order valence-corrected chi connectivity index (χ1v) is 8.09. The number of allylic oxidation sites excluding steroid dienone is 1. The fourth-order valence-electron chi connectivity index (χ4n) is 1.97. The van der Waals surface area contributed by atoms with Gasteiger partial charge in [0, 0.05) is 0 Å². The van der Waals surface area contributed by atoms with E-state index in [0.29, 0.717) is 32.0 Å². The van der Waals surface area contributed by atoms with Crippen LogP contribution in [0.25, 0.3) is 17.4 Å². The van der Waals surface area contributed by atoms with Gasteiger partial charge >= 0.3 is 0 Å². The van der Waals surface area contributed by atoms with E-state index in [1.165, 1.54) is 17.4 Å². The molecule has 1 aromatic carbocycles. The van der Waals surface area contributed by atoms with Crippen LogP contribution in [0.2, 0.25) is 10.0 Å². The molecule has 0 aliphatic rings. The molecule has 0 saturated heterocycles. The average molecular weight is 349 g/mol. The quantitative estimate of drug-likeness (QED) is 0.414. The molecule has 0 radical (unpaired) electrons. The number of carbonyl (C=O) groups is 1. The Balaban J connectivity index is 1.84. The van der Waals surface area contributed by atoms with E-state index in [-0.39, 0.29) is 5.78 Å². The standard InChI is InChI=1S/C17H10Cl2O2S/c18-12-3-1-4-13(19)17(12)15-9-7-11(21-15)6-8-14(20)16-5-2-10-22-16/h1-10H. The molecule has 2 nitrogen and oxygen atoms in total. The third kappa shape index (κ3) is 3.17. The molecular weight excluding hydrogens is 339 g/mol. The summed E-state index contributed by atoms with van der Waals surface area (Å²) < 4.78 is 5.69. The SMILES string of the molecule is O=C(C=Cc1ccc(-c2c(Cl)cccc2Cl)o1)c1cccs1. The Labute approximate surface area is 141 Å². The lowest BCUT2D eigenvalue weighted by molar-refractivity contribution is 0.105. The highest BCUT2D eigenvalue weighted by molar-refractivity contribution is 7.12. The fourth-order valence-corrected chi connectivity index (χ4v) is 3.20. The van der Waals surface area contributed by atoms with Crippen LogP contribution < -0.4 is 0 Å². The Kier molecular flexibility index (Phi) is 4.48. The molecule has 110 valence electrons. The number of halogens is 2. The van der Waals surface area contributed by atoms with Gasteiger partial charge in [0.15, 0.2) is 5.78 Å². The van der Waals surface area contributed by atoms with Gasteiger partial charge in [0.05, 0.1) is 20.5 Å². The zero-order valence-electron chi connectivity index (χ0n) is 11.3. The van der Waals surface area contributed by atoms with E-state index in [1.54, 1.807) is 42.5 Å². The Morgan fingerprint density at radius 1 is 1.05 bits per heavy atom. The molecular formula is C17H10Cl2O2S. The summed E-state index contributed by atoms with van der Waals surface area (Å²) in [6, 6.07) is 12.5. The van der Waals surface area contributed by atoms with Crippen LogP contribution in [-0.4, -0.2) is 5.78 Å². The summed E-state index contributed by atoms with van der Waals surface area (Å²) in [6.45, 7) is 0. The second kappa shape index (κ2) is 6.53. The first kappa shape index (κ1) is 15.1. The zero-order valence-corrected chi connectivity index (χ0v) is 13.6. The number of furan rings is 1. The molecule has 0 spiro atoms. The van der Waals surface area contributed by atoms with Gasteiger partial charge in [-0.2, -0.15) is 0 Å². The minimum absolute atomic E-state index is 0.0521. The van der Waals surface area contributed by atoms with E-state index in [2.05, 4.69) is 0 Å². The molecule has 0 fully saturated rings. The van der Waals surface area contributed by atoms with Gasteiger partial charge in [0.2, 0.25) is 0 Å². The molecule has 0 atom stereocenters. The Morgan fingerprint density at radius 3 is 2.50 bits per heavy atom. The maximum Gasteiger partial charge on any atom is 0.195 e. The largest absolute Gasteiger partial charge is 0.457 e. The van der Waals surface area contributed by atoms with Crippen LogP contribution in [-0.2, 0) is 0 Å². The second-order valence-electron chi connectivity index (χ2n) is 4.47. The third-order valence-corrected chi connectivity index (χ3v) is 4.51. The lowest BCUT2D eigenvalue weighted by Gasteiger charge is -2.02. The van der Waals surface area contributed by atoms with Crippen molar-refractivity contribution in [3.8, 4) is 11.3 Å². The van der Waals surface area contributed by atoms with E-state index < -0.39 is 0 Å². The highest BCUT2D eigenvalue weighted by Crippen LogP contribution is 2.35. The first-order valence-electron chi connectivity index (χ1n) is 6.45. The van der Waals surface area contributed by atoms with Crippen LogP contribution in [0.3, 0.4) is 0 Å². The number of hydrogen-bond acceptors (Lipinski definition) is 3. The molecule has 0 N–H and O–H groups in total. The fraction of sp³-hybridized carbons (Fsp3) is 0. The monoisotopic (exact) mass is 348 g/mol. The van der Waals surface area contributed by atoms with Crippen molar-refractivity contribution in [2.24, 2.45) is 0 Å². The minimum Gasteiger partial charge on any atom is -0.457 e. The maximum absolute atomic E-state index is 11.9. The molecule has 0 saturated carbocycles. The Hall–Kier alpha value is -1.81. The van der Waals surface area contributed by atoms with Crippen LogP contribution in [0.5, 0.6) is 0 Å². The number of rotatable bonds is 4. The van der Waals surface area contributed by atoms with E-state index in [4.69, 9.17) is 27.6 Å². The van der Waals surface area contributed by atoms with Crippen molar-refractivity contribution >= 4 is 46.4 Å². The second-order valence-corrected chi connectivity index (χ2v) is 6.24. The summed E-state index contributed by atoms with van der Waals surface area (Å²) in [5, 5.41) is 2.91. The van der Waals surface area contributed by atoms with Crippen molar-refractivity contribution in [1.82, 2.24) is 0 Å². The summed E-state index contributed by atoms with van der Waals surface area (Å²) in [5.41, 5.74) is 0.648. The van der Waals surface area contributed by atoms with Gasteiger partial charge < -0.3 is 4.42 Å². The first-order chi connectivity index (χ1) is 10.6. The van der Waals surface area contributed by atoms with Gasteiger partial charge in [0.25, 0.3) is 0 Å². The van der Waals surface area contributed by atoms with Gasteiger partial charge in [-0.15, -0.1) is 11.3 Å².